The molecule has 1 atom stereocenters. The molecule has 3 heterocycles. The highest BCUT2D eigenvalue weighted by Crippen LogP contribution is 2.27. The molecule has 2 fully saturated rings. The van der Waals surface area contributed by atoms with Gasteiger partial charge in [0.05, 0.1) is 0 Å². The number of hydrogen-bond acceptors (Lipinski definition) is 5. The molecule has 0 saturated carbocycles. The molecule has 2 saturated heterocycles. The molecule has 5 heteroatoms. The van der Waals surface area contributed by atoms with E-state index >= 15 is 0 Å². The second-order valence-corrected chi connectivity index (χ2v) is 6.15. The van der Waals surface area contributed by atoms with Crippen LogP contribution in [0.5, 0.6) is 0 Å². The van der Waals surface area contributed by atoms with Crippen molar-refractivity contribution in [3.63, 3.8) is 0 Å². The molecule has 4 nitrogen and oxygen atoms in total. The Morgan fingerprint density at radius 3 is 2.94 bits per heavy atom. The first-order valence-corrected chi connectivity index (χ1v) is 7.68. The van der Waals surface area contributed by atoms with Crippen molar-refractivity contribution in [2.75, 3.05) is 24.6 Å². The zero-order chi connectivity index (χ0) is 11.5. The van der Waals surface area contributed by atoms with Gasteiger partial charge in [-0.05, 0) is 49.8 Å². The van der Waals surface area contributed by atoms with Crippen LogP contribution in [0.25, 0.3) is 0 Å². The summed E-state index contributed by atoms with van der Waals surface area (Å²) in [4.78, 5) is 4.58. The molecule has 1 aromatic heterocycles. The van der Waals surface area contributed by atoms with Crippen LogP contribution >= 0.6 is 11.8 Å². The van der Waals surface area contributed by atoms with Crippen molar-refractivity contribution in [3.8, 4) is 0 Å². The van der Waals surface area contributed by atoms with Gasteiger partial charge in [0.2, 0.25) is 5.89 Å². The molecule has 0 aromatic carbocycles. The van der Waals surface area contributed by atoms with Crippen LogP contribution < -0.4 is 5.32 Å². The Bertz CT molecular complexity index is 356. The third kappa shape index (κ3) is 2.83. The van der Waals surface area contributed by atoms with Crippen LogP contribution in [0, 0.1) is 5.92 Å². The topological polar surface area (TPSA) is 51.0 Å². The fraction of sp³-hybridized carbons (Fsp3) is 0.833. The van der Waals surface area contributed by atoms with Crippen LogP contribution in [-0.2, 0) is 6.42 Å². The summed E-state index contributed by atoms with van der Waals surface area (Å²) in [5, 5.41) is 7.52. The summed E-state index contributed by atoms with van der Waals surface area (Å²) < 4.78 is 5.39. The van der Waals surface area contributed by atoms with Gasteiger partial charge in [-0.25, -0.2) is 0 Å². The molecule has 0 spiro atoms. The second-order valence-electron chi connectivity index (χ2n) is 5.00. The van der Waals surface area contributed by atoms with E-state index in [1.165, 1.54) is 17.9 Å². The van der Waals surface area contributed by atoms with E-state index < -0.39 is 0 Å². The summed E-state index contributed by atoms with van der Waals surface area (Å²) in [5.41, 5.74) is 0. The van der Waals surface area contributed by atoms with Gasteiger partial charge in [-0.1, -0.05) is 5.16 Å². The highest BCUT2D eigenvalue weighted by Gasteiger charge is 2.23. The summed E-state index contributed by atoms with van der Waals surface area (Å²) in [6.07, 6.45) is 4.55. The SMILES string of the molecule is C1CC(c2noc(CC3CCSC3)n2)CCN1. The number of thioether (sulfide) groups is 1. The summed E-state index contributed by atoms with van der Waals surface area (Å²) in [6.45, 7) is 2.15. The summed E-state index contributed by atoms with van der Waals surface area (Å²) in [6, 6.07) is 0. The Morgan fingerprint density at radius 1 is 1.29 bits per heavy atom. The molecule has 2 aliphatic heterocycles. The van der Waals surface area contributed by atoms with Crippen molar-refractivity contribution in [3.05, 3.63) is 11.7 Å². The molecule has 2 aliphatic rings. The Labute approximate surface area is 106 Å². The van der Waals surface area contributed by atoms with Gasteiger partial charge in [0, 0.05) is 12.3 Å². The monoisotopic (exact) mass is 253 g/mol. The highest BCUT2D eigenvalue weighted by atomic mass is 32.2. The zero-order valence-corrected chi connectivity index (χ0v) is 10.8. The number of nitrogens with zero attached hydrogens (tertiary/aromatic N) is 2. The van der Waals surface area contributed by atoms with Crippen molar-refractivity contribution >= 4 is 11.8 Å². The fourth-order valence-electron chi connectivity index (χ4n) is 2.59. The molecular weight excluding hydrogens is 234 g/mol. The second kappa shape index (κ2) is 5.40. The van der Waals surface area contributed by atoms with Gasteiger partial charge in [0.25, 0.3) is 0 Å². The molecule has 0 radical (unpaired) electrons. The maximum absolute atomic E-state index is 5.39. The van der Waals surface area contributed by atoms with Crippen LogP contribution in [0.15, 0.2) is 4.52 Å². The lowest BCUT2D eigenvalue weighted by molar-refractivity contribution is 0.347. The van der Waals surface area contributed by atoms with E-state index in [1.807, 2.05) is 11.8 Å². The fourth-order valence-corrected chi connectivity index (χ4v) is 3.87. The van der Waals surface area contributed by atoms with Crippen LogP contribution in [0.3, 0.4) is 0 Å². The van der Waals surface area contributed by atoms with E-state index in [0.29, 0.717) is 5.92 Å². The molecular formula is C12H19N3OS. The van der Waals surface area contributed by atoms with Crippen LogP contribution in [-0.4, -0.2) is 34.7 Å². The van der Waals surface area contributed by atoms with Crippen molar-refractivity contribution in [1.29, 1.82) is 0 Å². The van der Waals surface area contributed by atoms with E-state index in [-0.39, 0.29) is 0 Å². The largest absolute Gasteiger partial charge is 0.339 e. The molecule has 0 aliphatic carbocycles. The van der Waals surface area contributed by atoms with Crippen molar-refractivity contribution in [1.82, 2.24) is 15.5 Å². The first-order chi connectivity index (χ1) is 8.42. The smallest absolute Gasteiger partial charge is 0.226 e. The lowest BCUT2D eigenvalue weighted by atomic mass is 9.97. The molecule has 0 amide bonds. The minimum atomic E-state index is 0.506. The molecule has 3 rings (SSSR count). The minimum Gasteiger partial charge on any atom is -0.339 e. The van der Waals surface area contributed by atoms with E-state index in [0.717, 1.165) is 50.0 Å². The number of aromatic nitrogens is 2. The first kappa shape index (κ1) is 11.5. The van der Waals surface area contributed by atoms with Crippen LogP contribution in [0.2, 0.25) is 0 Å². The lowest BCUT2D eigenvalue weighted by Gasteiger charge is -2.18. The van der Waals surface area contributed by atoms with Gasteiger partial charge in [0.15, 0.2) is 5.82 Å². The Balaban J connectivity index is 1.60. The van der Waals surface area contributed by atoms with E-state index in [1.54, 1.807) is 0 Å². The van der Waals surface area contributed by atoms with Gasteiger partial charge in [-0.3, -0.25) is 0 Å². The lowest BCUT2D eigenvalue weighted by Crippen LogP contribution is -2.27. The maximum atomic E-state index is 5.39. The number of rotatable bonds is 3. The summed E-state index contributed by atoms with van der Waals surface area (Å²) in [7, 11) is 0. The molecule has 94 valence electrons. The van der Waals surface area contributed by atoms with Crippen molar-refractivity contribution in [2.24, 2.45) is 5.92 Å². The van der Waals surface area contributed by atoms with Gasteiger partial charge in [0.1, 0.15) is 0 Å². The normalized spacial score (nSPS) is 26.5. The van der Waals surface area contributed by atoms with Gasteiger partial charge in [-0.15, -0.1) is 0 Å². The average Bonchev–Trinajstić information content (AvgIpc) is 3.02. The maximum Gasteiger partial charge on any atom is 0.226 e. The van der Waals surface area contributed by atoms with Gasteiger partial charge in [-0.2, -0.15) is 16.7 Å². The molecule has 1 aromatic rings. The zero-order valence-electron chi connectivity index (χ0n) is 10.0. The highest BCUT2D eigenvalue weighted by molar-refractivity contribution is 7.99. The number of piperidine rings is 1. The molecule has 1 unspecified atom stereocenters. The van der Waals surface area contributed by atoms with E-state index in [4.69, 9.17) is 4.52 Å². The van der Waals surface area contributed by atoms with Gasteiger partial charge >= 0.3 is 0 Å². The number of nitrogens with one attached hydrogen (secondary N) is 1. The average molecular weight is 253 g/mol. The molecule has 1 N–H and O–H groups in total. The summed E-state index contributed by atoms with van der Waals surface area (Å²) in [5.74, 6) is 5.59. The quantitative estimate of drug-likeness (QED) is 0.890. The van der Waals surface area contributed by atoms with E-state index in [2.05, 4.69) is 15.5 Å². The van der Waals surface area contributed by atoms with E-state index in [9.17, 15) is 0 Å². The first-order valence-electron chi connectivity index (χ1n) is 6.53. The van der Waals surface area contributed by atoms with Crippen molar-refractivity contribution < 1.29 is 4.52 Å². The van der Waals surface area contributed by atoms with Crippen molar-refractivity contribution in [2.45, 2.75) is 31.6 Å². The Kier molecular flexibility index (Phi) is 3.66. The minimum absolute atomic E-state index is 0.506. The van der Waals surface area contributed by atoms with Crippen LogP contribution in [0.4, 0.5) is 0 Å². The predicted molar refractivity (Wildman–Crippen MR) is 68.3 cm³/mol. The number of hydrogen-bond donors (Lipinski definition) is 1. The molecule has 17 heavy (non-hydrogen) atoms. The third-order valence-electron chi connectivity index (χ3n) is 3.68. The predicted octanol–water partition coefficient (Wildman–Crippen LogP) is 1.83. The Hall–Kier alpha value is -0.550. The standard InChI is InChI=1S/C12H19N3OS/c1-4-13-5-2-10(1)12-14-11(16-15-12)7-9-3-6-17-8-9/h9-10,13H,1-8H2. The van der Waals surface area contributed by atoms with Crippen LogP contribution in [0.1, 0.15) is 36.9 Å². The third-order valence-corrected chi connectivity index (χ3v) is 4.91. The Morgan fingerprint density at radius 2 is 2.18 bits per heavy atom. The van der Waals surface area contributed by atoms with Gasteiger partial charge < -0.3 is 9.84 Å². The molecule has 0 bridgehead atoms. The summed E-state index contributed by atoms with van der Waals surface area (Å²) >= 11 is 2.04.